The fourth-order valence-electron chi connectivity index (χ4n) is 3.13. The largest absolute Gasteiger partial charge is 0.486 e. The highest BCUT2D eigenvalue weighted by Gasteiger charge is 2.24. The van der Waals surface area contributed by atoms with Gasteiger partial charge in [0.05, 0.1) is 43.7 Å². The number of ether oxygens (including phenoxy) is 1. The first-order chi connectivity index (χ1) is 13.2. The number of alkyl halides is 1. The average Bonchev–Trinajstić information content (AvgIpc) is 2.94. The van der Waals surface area contributed by atoms with Gasteiger partial charge in [-0.2, -0.15) is 0 Å². The van der Waals surface area contributed by atoms with E-state index in [1.165, 1.54) is 6.07 Å². The molecule has 0 aliphatic rings. The molecule has 2 aromatic heterocycles. The molecule has 0 fully saturated rings. The van der Waals surface area contributed by atoms with Crippen molar-refractivity contribution < 1.29 is 18.1 Å². The van der Waals surface area contributed by atoms with E-state index in [-0.39, 0.29) is 0 Å². The SMILES string of the molecule is C[N+](C)(CCCBr)CCCOc1c2oc(=O)ccc2c(Br)c2c(Br)c(Br)oc12. The predicted octanol–water partition coefficient (Wildman–Crippen LogP) is 6.46. The minimum Gasteiger partial charge on any atom is -0.486 e. The van der Waals surface area contributed by atoms with Crippen molar-refractivity contribution in [3.63, 3.8) is 0 Å². The summed E-state index contributed by atoms with van der Waals surface area (Å²) in [6, 6.07) is 3.13. The van der Waals surface area contributed by atoms with Gasteiger partial charge >= 0.3 is 5.63 Å². The average molecular weight is 646 g/mol. The van der Waals surface area contributed by atoms with Crippen LogP contribution in [0.25, 0.3) is 21.9 Å². The molecule has 0 atom stereocenters. The lowest BCUT2D eigenvalue weighted by atomic mass is 10.1. The van der Waals surface area contributed by atoms with E-state index in [9.17, 15) is 4.79 Å². The zero-order valence-electron chi connectivity index (χ0n) is 15.5. The molecule has 0 aliphatic heterocycles. The molecule has 0 saturated heterocycles. The number of hydrogen-bond donors (Lipinski definition) is 0. The number of nitrogens with zero attached hydrogens (tertiary/aromatic N) is 1. The van der Waals surface area contributed by atoms with Crippen molar-refractivity contribution in [1.82, 2.24) is 0 Å². The van der Waals surface area contributed by atoms with E-state index in [0.717, 1.165) is 55.5 Å². The van der Waals surface area contributed by atoms with Gasteiger partial charge in [0.2, 0.25) is 5.75 Å². The third-order valence-corrected chi connectivity index (χ3v) is 7.80. The van der Waals surface area contributed by atoms with Crippen molar-refractivity contribution in [2.75, 3.05) is 39.1 Å². The number of halogens is 4. The first-order valence-corrected chi connectivity index (χ1v) is 12.3. The van der Waals surface area contributed by atoms with E-state index in [1.54, 1.807) is 6.07 Å². The number of hydrogen-bond acceptors (Lipinski definition) is 4. The second-order valence-electron chi connectivity index (χ2n) is 7.16. The molecule has 0 unspecified atom stereocenters. The van der Waals surface area contributed by atoms with Crippen LogP contribution in [0.15, 0.2) is 39.4 Å². The van der Waals surface area contributed by atoms with Crippen LogP contribution in [0.1, 0.15) is 12.8 Å². The molecule has 0 saturated carbocycles. The van der Waals surface area contributed by atoms with Crippen molar-refractivity contribution in [2.45, 2.75) is 12.8 Å². The number of benzene rings is 1. The molecule has 3 aromatic rings. The van der Waals surface area contributed by atoms with Crippen LogP contribution < -0.4 is 10.4 Å². The lowest BCUT2D eigenvalue weighted by Crippen LogP contribution is -2.41. The van der Waals surface area contributed by atoms with Crippen molar-refractivity contribution in [3.8, 4) is 5.75 Å². The van der Waals surface area contributed by atoms with Crippen LogP contribution in [-0.4, -0.2) is 43.6 Å². The topological polar surface area (TPSA) is 52.6 Å². The number of rotatable bonds is 8. The van der Waals surface area contributed by atoms with Gasteiger partial charge in [-0.05, 0) is 53.9 Å². The number of furan rings is 1. The van der Waals surface area contributed by atoms with Gasteiger partial charge in [-0.15, -0.1) is 0 Å². The molecule has 152 valence electrons. The molecule has 0 amide bonds. The highest BCUT2D eigenvalue weighted by molar-refractivity contribution is 9.13. The summed E-state index contributed by atoms with van der Waals surface area (Å²) in [5.41, 5.74) is 0.482. The molecule has 0 radical (unpaired) electrons. The van der Waals surface area contributed by atoms with Crippen molar-refractivity contribution >= 4 is 85.7 Å². The minimum atomic E-state index is -0.430. The maximum atomic E-state index is 11.8. The first kappa shape index (κ1) is 22.3. The predicted molar refractivity (Wildman–Crippen MR) is 126 cm³/mol. The minimum absolute atomic E-state index is 0.383. The van der Waals surface area contributed by atoms with Gasteiger partial charge in [-0.25, -0.2) is 4.79 Å². The van der Waals surface area contributed by atoms with Crippen molar-refractivity contribution in [2.24, 2.45) is 0 Å². The standard InChI is InChI=1S/C19H20Br4NO4/c1-24(2,8-3-7-20)9-4-10-26-18-16-11(5-6-12(25)27-16)14(21)13-15(22)19(23)28-17(13)18/h5-6H,3-4,7-10H2,1-2H3/q+1. The van der Waals surface area contributed by atoms with Crippen LogP contribution in [0.4, 0.5) is 0 Å². The highest BCUT2D eigenvalue weighted by Crippen LogP contribution is 2.47. The maximum absolute atomic E-state index is 11.8. The van der Waals surface area contributed by atoms with Crippen LogP contribution in [0, 0.1) is 0 Å². The Bertz CT molecular complexity index is 1060. The Kier molecular flexibility index (Phi) is 7.34. The molecule has 28 heavy (non-hydrogen) atoms. The Hall–Kier alpha value is -0.350. The van der Waals surface area contributed by atoms with Crippen LogP contribution in [0.2, 0.25) is 0 Å². The first-order valence-electron chi connectivity index (χ1n) is 8.79. The third-order valence-electron chi connectivity index (χ3n) is 4.56. The third kappa shape index (κ3) is 4.69. The monoisotopic (exact) mass is 642 g/mol. The molecular formula is C19H20Br4NO4+. The molecule has 2 heterocycles. The van der Waals surface area contributed by atoms with Crippen LogP contribution in [0.5, 0.6) is 5.75 Å². The van der Waals surface area contributed by atoms with Gasteiger partial charge in [0.25, 0.3) is 0 Å². The number of quaternary nitrogens is 1. The summed E-state index contributed by atoms with van der Waals surface area (Å²) in [5.74, 6) is 0.447. The Morgan fingerprint density at radius 2 is 1.71 bits per heavy atom. The highest BCUT2D eigenvalue weighted by atomic mass is 79.9. The second kappa shape index (κ2) is 9.20. The van der Waals surface area contributed by atoms with Gasteiger partial charge in [0, 0.05) is 34.1 Å². The Balaban J connectivity index is 1.93. The van der Waals surface area contributed by atoms with Crippen molar-refractivity contribution in [1.29, 1.82) is 0 Å². The summed E-state index contributed by atoms with van der Waals surface area (Å²) in [7, 11) is 4.44. The normalized spacial score (nSPS) is 12.2. The Morgan fingerprint density at radius 1 is 1.00 bits per heavy atom. The van der Waals surface area contributed by atoms with E-state index in [4.69, 9.17) is 13.6 Å². The lowest BCUT2D eigenvalue weighted by Gasteiger charge is -2.29. The van der Waals surface area contributed by atoms with Crippen molar-refractivity contribution in [3.05, 3.63) is 36.2 Å². The van der Waals surface area contributed by atoms with Gasteiger partial charge in [0.1, 0.15) is 0 Å². The fourth-order valence-corrected chi connectivity index (χ4v) is 5.16. The maximum Gasteiger partial charge on any atom is 0.336 e. The van der Waals surface area contributed by atoms with Gasteiger partial charge in [-0.3, -0.25) is 0 Å². The zero-order chi connectivity index (χ0) is 20.5. The van der Waals surface area contributed by atoms with E-state index in [2.05, 4.69) is 77.8 Å². The van der Waals surface area contributed by atoms with E-state index in [1.807, 2.05) is 0 Å². The van der Waals surface area contributed by atoms with Gasteiger partial charge in [0.15, 0.2) is 15.8 Å². The molecule has 5 nitrogen and oxygen atoms in total. The quantitative estimate of drug-likeness (QED) is 0.122. The molecule has 9 heteroatoms. The van der Waals surface area contributed by atoms with Gasteiger partial charge in [-0.1, -0.05) is 15.9 Å². The summed E-state index contributed by atoms with van der Waals surface area (Å²) >= 11 is 14.0. The van der Waals surface area contributed by atoms with Crippen LogP contribution >= 0.6 is 63.7 Å². The lowest BCUT2D eigenvalue weighted by molar-refractivity contribution is -0.890. The smallest absolute Gasteiger partial charge is 0.336 e. The van der Waals surface area contributed by atoms with E-state index >= 15 is 0 Å². The molecular weight excluding hydrogens is 626 g/mol. The van der Waals surface area contributed by atoms with E-state index < -0.39 is 5.63 Å². The molecule has 0 aliphatic carbocycles. The van der Waals surface area contributed by atoms with Gasteiger partial charge < -0.3 is 18.1 Å². The summed E-state index contributed by atoms with van der Waals surface area (Å²) in [4.78, 5) is 11.8. The molecule has 3 rings (SSSR count). The van der Waals surface area contributed by atoms with Crippen LogP contribution in [0.3, 0.4) is 0 Å². The molecule has 0 N–H and O–H groups in total. The fraction of sp³-hybridized carbons (Fsp3) is 0.421. The molecule has 0 spiro atoms. The number of fused-ring (bicyclic) bond motifs is 2. The molecule has 0 bridgehead atoms. The summed E-state index contributed by atoms with van der Waals surface area (Å²) < 4.78 is 20.5. The summed E-state index contributed by atoms with van der Waals surface area (Å²) in [5, 5.41) is 2.59. The Labute approximate surface area is 196 Å². The molecule has 1 aromatic carbocycles. The summed E-state index contributed by atoms with van der Waals surface area (Å²) in [6.45, 7) is 2.58. The second-order valence-corrected chi connectivity index (χ2v) is 10.3. The zero-order valence-corrected chi connectivity index (χ0v) is 21.8. The van der Waals surface area contributed by atoms with Crippen LogP contribution in [-0.2, 0) is 0 Å². The summed E-state index contributed by atoms with van der Waals surface area (Å²) in [6.07, 6.45) is 2.00. The van der Waals surface area contributed by atoms with E-state index in [0.29, 0.717) is 28.2 Å². The Morgan fingerprint density at radius 3 is 2.43 bits per heavy atom.